The minimum atomic E-state index is -0.231. The number of nitrogens with two attached hydrogens (primary N) is 1. The van der Waals surface area contributed by atoms with Crippen molar-refractivity contribution in [3.8, 4) is 0 Å². The first-order valence-electron chi connectivity index (χ1n) is 7.64. The van der Waals surface area contributed by atoms with Crippen LogP contribution in [0.15, 0.2) is 27.8 Å². The van der Waals surface area contributed by atoms with E-state index in [1.165, 1.54) is 31.9 Å². The van der Waals surface area contributed by atoms with Crippen LogP contribution in [-0.4, -0.2) is 31.0 Å². The minimum Gasteiger partial charge on any atom is -0.459 e. The van der Waals surface area contributed by atoms with Gasteiger partial charge < -0.3 is 20.8 Å². The van der Waals surface area contributed by atoms with Gasteiger partial charge in [-0.05, 0) is 25.0 Å². The van der Waals surface area contributed by atoms with Crippen molar-refractivity contribution >= 4 is 11.9 Å². The van der Waals surface area contributed by atoms with E-state index in [4.69, 9.17) is 10.2 Å². The molecular weight excluding hydrogens is 268 g/mol. The highest BCUT2D eigenvalue weighted by Crippen LogP contribution is 2.16. The van der Waals surface area contributed by atoms with Gasteiger partial charge in [0.25, 0.3) is 5.91 Å². The summed E-state index contributed by atoms with van der Waals surface area (Å²) in [6, 6.07) is 3.75. The van der Waals surface area contributed by atoms with E-state index < -0.39 is 0 Å². The molecule has 21 heavy (non-hydrogen) atoms. The number of guanidine groups is 1. The number of carbonyl (C=O) groups is 1. The molecule has 0 saturated heterocycles. The van der Waals surface area contributed by atoms with Crippen molar-refractivity contribution in [1.29, 1.82) is 0 Å². The maximum atomic E-state index is 11.6. The summed E-state index contributed by atoms with van der Waals surface area (Å²) in [5.74, 6) is 0.545. The molecule has 0 spiro atoms. The second-order valence-corrected chi connectivity index (χ2v) is 5.33. The van der Waals surface area contributed by atoms with Crippen molar-refractivity contribution in [2.24, 2.45) is 10.7 Å². The van der Waals surface area contributed by atoms with Crippen molar-refractivity contribution in [2.75, 3.05) is 13.1 Å². The van der Waals surface area contributed by atoms with E-state index in [0.29, 0.717) is 30.9 Å². The molecule has 6 heteroatoms. The van der Waals surface area contributed by atoms with Gasteiger partial charge in [-0.1, -0.05) is 25.7 Å². The zero-order valence-electron chi connectivity index (χ0n) is 12.3. The Bertz CT molecular complexity index is 448. The van der Waals surface area contributed by atoms with Crippen LogP contribution in [0.1, 0.15) is 49.1 Å². The molecule has 1 aliphatic carbocycles. The Kier molecular flexibility index (Phi) is 6.12. The molecule has 0 atom stereocenters. The van der Waals surface area contributed by atoms with Gasteiger partial charge in [0.2, 0.25) is 0 Å². The molecule has 1 amide bonds. The standard InChI is InChI=1S/C15H24N4O2/c16-15(19-12-6-3-1-2-4-7-12)18-10-9-17-14(20)13-8-5-11-21-13/h5,8,11-12H,1-4,6-7,9-10H2,(H,17,20)(H3,16,18,19). The SMILES string of the molecule is NC(=NCCNC(=O)c1ccco1)NC1CCCCCC1. The Morgan fingerprint density at radius 1 is 1.33 bits per heavy atom. The van der Waals surface area contributed by atoms with Crippen LogP contribution in [0.2, 0.25) is 0 Å². The van der Waals surface area contributed by atoms with Crippen LogP contribution in [0.4, 0.5) is 0 Å². The lowest BCUT2D eigenvalue weighted by Gasteiger charge is -2.16. The third kappa shape index (κ3) is 5.49. The highest BCUT2D eigenvalue weighted by Gasteiger charge is 2.12. The zero-order valence-corrected chi connectivity index (χ0v) is 12.3. The molecule has 116 valence electrons. The van der Waals surface area contributed by atoms with E-state index in [0.717, 1.165) is 12.8 Å². The maximum absolute atomic E-state index is 11.6. The summed E-state index contributed by atoms with van der Waals surface area (Å²) < 4.78 is 5.00. The molecule has 4 N–H and O–H groups in total. The Labute approximate surface area is 125 Å². The molecule has 1 saturated carbocycles. The first-order chi connectivity index (χ1) is 10.3. The van der Waals surface area contributed by atoms with Crippen molar-refractivity contribution in [3.63, 3.8) is 0 Å². The van der Waals surface area contributed by atoms with E-state index >= 15 is 0 Å². The lowest BCUT2D eigenvalue weighted by molar-refractivity contribution is 0.0927. The fourth-order valence-corrected chi connectivity index (χ4v) is 2.52. The van der Waals surface area contributed by atoms with Crippen LogP contribution in [0.25, 0.3) is 0 Å². The molecule has 0 unspecified atom stereocenters. The van der Waals surface area contributed by atoms with Gasteiger partial charge in [0.05, 0.1) is 12.8 Å². The maximum Gasteiger partial charge on any atom is 0.287 e. The van der Waals surface area contributed by atoms with Crippen molar-refractivity contribution < 1.29 is 9.21 Å². The molecule has 1 aromatic heterocycles. The molecule has 1 heterocycles. The van der Waals surface area contributed by atoms with Gasteiger partial charge in [0.15, 0.2) is 11.7 Å². The number of hydrogen-bond donors (Lipinski definition) is 3. The number of rotatable bonds is 5. The average molecular weight is 292 g/mol. The first-order valence-corrected chi connectivity index (χ1v) is 7.64. The fourth-order valence-electron chi connectivity index (χ4n) is 2.52. The van der Waals surface area contributed by atoms with Gasteiger partial charge in [-0.2, -0.15) is 0 Å². The van der Waals surface area contributed by atoms with Crippen LogP contribution in [0, 0.1) is 0 Å². The van der Waals surface area contributed by atoms with Crippen LogP contribution in [0.3, 0.4) is 0 Å². The van der Waals surface area contributed by atoms with Gasteiger partial charge in [0, 0.05) is 12.6 Å². The van der Waals surface area contributed by atoms with Crippen LogP contribution < -0.4 is 16.4 Å². The van der Waals surface area contributed by atoms with E-state index in [2.05, 4.69) is 15.6 Å². The summed E-state index contributed by atoms with van der Waals surface area (Å²) in [6.07, 6.45) is 8.93. The topological polar surface area (TPSA) is 92.6 Å². The third-order valence-corrected chi connectivity index (χ3v) is 3.63. The molecule has 0 aliphatic heterocycles. The average Bonchev–Trinajstić information content (AvgIpc) is 2.90. The Hall–Kier alpha value is -1.98. The summed E-state index contributed by atoms with van der Waals surface area (Å²) in [4.78, 5) is 15.8. The number of furan rings is 1. The third-order valence-electron chi connectivity index (χ3n) is 3.63. The second kappa shape index (κ2) is 8.34. The smallest absolute Gasteiger partial charge is 0.287 e. The van der Waals surface area contributed by atoms with Gasteiger partial charge in [-0.25, -0.2) is 0 Å². The fraction of sp³-hybridized carbons (Fsp3) is 0.600. The molecular formula is C15H24N4O2. The summed E-state index contributed by atoms with van der Waals surface area (Å²) in [6.45, 7) is 0.893. The van der Waals surface area contributed by atoms with Crippen LogP contribution in [-0.2, 0) is 0 Å². The highest BCUT2D eigenvalue weighted by molar-refractivity contribution is 5.91. The highest BCUT2D eigenvalue weighted by atomic mass is 16.3. The number of nitrogens with one attached hydrogen (secondary N) is 2. The molecule has 6 nitrogen and oxygen atoms in total. The van der Waals surface area contributed by atoms with E-state index in [9.17, 15) is 4.79 Å². The Balaban J connectivity index is 1.65. The minimum absolute atomic E-state index is 0.231. The molecule has 1 aromatic rings. The van der Waals surface area contributed by atoms with Crippen molar-refractivity contribution in [3.05, 3.63) is 24.2 Å². The lowest BCUT2D eigenvalue weighted by Crippen LogP contribution is -2.40. The van der Waals surface area contributed by atoms with Gasteiger partial charge in [-0.3, -0.25) is 9.79 Å². The van der Waals surface area contributed by atoms with Crippen molar-refractivity contribution in [1.82, 2.24) is 10.6 Å². The van der Waals surface area contributed by atoms with Gasteiger partial charge in [0.1, 0.15) is 0 Å². The normalized spacial score (nSPS) is 17.2. The molecule has 1 fully saturated rings. The van der Waals surface area contributed by atoms with E-state index in [1.807, 2.05) is 0 Å². The summed E-state index contributed by atoms with van der Waals surface area (Å²) >= 11 is 0. The number of amides is 1. The quantitative estimate of drug-likeness (QED) is 0.333. The predicted molar refractivity (Wildman–Crippen MR) is 82.2 cm³/mol. The van der Waals surface area contributed by atoms with Gasteiger partial charge in [-0.15, -0.1) is 0 Å². The van der Waals surface area contributed by atoms with Crippen molar-refractivity contribution in [2.45, 2.75) is 44.6 Å². The Morgan fingerprint density at radius 2 is 2.10 bits per heavy atom. The van der Waals surface area contributed by atoms with E-state index in [-0.39, 0.29) is 5.91 Å². The predicted octanol–water partition coefficient (Wildman–Crippen LogP) is 1.64. The van der Waals surface area contributed by atoms with Crippen LogP contribution in [0.5, 0.6) is 0 Å². The van der Waals surface area contributed by atoms with Crippen LogP contribution >= 0.6 is 0 Å². The summed E-state index contributed by atoms with van der Waals surface area (Å²) in [5, 5.41) is 6.00. The molecule has 0 aromatic carbocycles. The molecule has 1 aliphatic rings. The largest absolute Gasteiger partial charge is 0.459 e. The first kappa shape index (κ1) is 15.4. The summed E-state index contributed by atoms with van der Waals surface area (Å²) in [7, 11) is 0. The number of aliphatic imine (C=N–C) groups is 1. The monoisotopic (exact) mass is 292 g/mol. The molecule has 2 rings (SSSR count). The summed E-state index contributed by atoms with van der Waals surface area (Å²) in [5.41, 5.74) is 5.87. The number of carbonyl (C=O) groups excluding carboxylic acids is 1. The second-order valence-electron chi connectivity index (χ2n) is 5.33. The van der Waals surface area contributed by atoms with Gasteiger partial charge >= 0.3 is 0 Å². The number of nitrogens with zero attached hydrogens (tertiary/aromatic N) is 1. The Morgan fingerprint density at radius 3 is 2.76 bits per heavy atom. The molecule has 0 radical (unpaired) electrons. The molecule has 0 bridgehead atoms. The number of hydrogen-bond acceptors (Lipinski definition) is 3. The lowest BCUT2D eigenvalue weighted by atomic mass is 10.1. The van der Waals surface area contributed by atoms with E-state index in [1.54, 1.807) is 12.1 Å². The zero-order chi connectivity index (χ0) is 14.9.